The van der Waals surface area contributed by atoms with Gasteiger partial charge in [-0.2, -0.15) is 0 Å². The standard InChI is InChI=1S/C14H14ClN3O/c1-8-16-5-4-9-6-13(19)18-12-3-2-10(15)7-11(12)14(9)17-8/h2-3,7H,4-6H2,1H3,(H,16,17)(H,18,19). The van der Waals surface area contributed by atoms with Crippen LogP contribution in [0.15, 0.2) is 28.8 Å². The molecule has 0 bridgehead atoms. The first-order valence-electron chi connectivity index (χ1n) is 6.23. The van der Waals surface area contributed by atoms with Crippen molar-refractivity contribution in [3.63, 3.8) is 0 Å². The van der Waals surface area contributed by atoms with E-state index in [9.17, 15) is 4.79 Å². The number of fused-ring (bicyclic) bond motifs is 2. The molecule has 3 rings (SSSR count). The van der Waals surface area contributed by atoms with Crippen LogP contribution in [0.4, 0.5) is 5.69 Å². The zero-order valence-corrected chi connectivity index (χ0v) is 11.3. The summed E-state index contributed by atoms with van der Waals surface area (Å²) in [5, 5.41) is 6.88. The summed E-state index contributed by atoms with van der Waals surface area (Å²) in [6.07, 6.45) is 1.19. The number of hydrogen-bond acceptors (Lipinski definition) is 3. The molecule has 1 amide bonds. The summed E-state index contributed by atoms with van der Waals surface area (Å²) in [5.41, 5.74) is 3.78. The van der Waals surface area contributed by atoms with E-state index in [1.54, 1.807) is 6.07 Å². The highest BCUT2D eigenvalue weighted by atomic mass is 35.5. The maximum Gasteiger partial charge on any atom is 0.228 e. The minimum Gasteiger partial charge on any atom is -0.344 e. The molecular weight excluding hydrogens is 262 g/mol. The molecule has 5 heteroatoms. The van der Waals surface area contributed by atoms with E-state index in [1.807, 2.05) is 19.1 Å². The van der Waals surface area contributed by atoms with E-state index in [4.69, 9.17) is 11.6 Å². The van der Waals surface area contributed by atoms with Crippen molar-refractivity contribution in [3.05, 3.63) is 34.4 Å². The molecule has 4 nitrogen and oxygen atoms in total. The maximum absolute atomic E-state index is 11.9. The lowest BCUT2D eigenvalue weighted by molar-refractivity contribution is -0.115. The van der Waals surface area contributed by atoms with Crippen molar-refractivity contribution in [1.29, 1.82) is 0 Å². The number of nitrogens with one attached hydrogen (secondary N) is 2. The minimum absolute atomic E-state index is 0.00919. The van der Waals surface area contributed by atoms with Gasteiger partial charge in [0.15, 0.2) is 0 Å². The molecule has 0 saturated heterocycles. The quantitative estimate of drug-likeness (QED) is 0.765. The molecule has 0 atom stereocenters. The van der Waals surface area contributed by atoms with E-state index in [0.717, 1.165) is 34.8 Å². The Morgan fingerprint density at radius 3 is 3.00 bits per heavy atom. The van der Waals surface area contributed by atoms with E-state index >= 15 is 0 Å². The lowest BCUT2D eigenvalue weighted by Gasteiger charge is -2.14. The van der Waals surface area contributed by atoms with Crippen molar-refractivity contribution in [1.82, 2.24) is 5.32 Å². The van der Waals surface area contributed by atoms with Gasteiger partial charge in [-0.15, -0.1) is 0 Å². The predicted molar refractivity (Wildman–Crippen MR) is 77.3 cm³/mol. The van der Waals surface area contributed by atoms with E-state index in [-0.39, 0.29) is 5.91 Å². The molecule has 1 aromatic rings. The van der Waals surface area contributed by atoms with Crippen molar-refractivity contribution in [2.24, 2.45) is 4.99 Å². The van der Waals surface area contributed by atoms with Crippen molar-refractivity contribution >= 4 is 34.7 Å². The zero-order valence-electron chi connectivity index (χ0n) is 10.6. The fraction of sp³-hybridized carbons (Fsp3) is 0.286. The molecule has 0 spiro atoms. The maximum atomic E-state index is 11.9. The van der Waals surface area contributed by atoms with Gasteiger partial charge in [-0.05, 0) is 37.1 Å². The largest absolute Gasteiger partial charge is 0.344 e. The third-order valence-electron chi connectivity index (χ3n) is 3.32. The summed E-state index contributed by atoms with van der Waals surface area (Å²) >= 11 is 6.08. The molecule has 2 aliphatic heterocycles. The van der Waals surface area contributed by atoms with Crippen LogP contribution in [0.1, 0.15) is 25.3 Å². The third-order valence-corrected chi connectivity index (χ3v) is 3.56. The second-order valence-corrected chi connectivity index (χ2v) is 5.17. The first-order chi connectivity index (χ1) is 9.13. The van der Waals surface area contributed by atoms with Gasteiger partial charge >= 0.3 is 0 Å². The van der Waals surface area contributed by atoms with Crippen LogP contribution in [0, 0.1) is 0 Å². The van der Waals surface area contributed by atoms with E-state index in [2.05, 4.69) is 15.6 Å². The number of amides is 1. The van der Waals surface area contributed by atoms with Gasteiger partial charge in [0.25, 0.3) is 0 Å². The lowest BCUT2D eigenvalue weighted by atomic mass is 10.0. The SMILES string of the molecule is CC1=NCCC2=C(N1)c1cc(Cl)ccc1NC(=O)C2. The predicted octanol–water partition coefficient (Wildman–Crippen LogP) is 2.81. The summed E-state index contributed by atoms with van der Waals surface area (Å²) in [6, 6.07) is 5.50. The van der Waals surface area contributed by atoms with Crippen LogP contribution in [0.3, 0.4) is 0 Å². The van der Waals surface area contributed by atoms with Crippen LogP contribution in [0.2, 0.25) is 5.02 Å². The minimum atomic E-state index is 0.00919. The number of carbonyl (C=O) groups is 1. The number of aliphatic imine (C=N–C) groups is 1. The molecule has 0 fully saturated rings. The number of nitrogens with zero attached hydrogens (tertiary/aromatic N) is 1. The van der Waals surface area contributed by atoms with Crippen LogP contribution in [-0.4, -0.2) is 18.3 Å². The highest BCUT2D eigenvalue weighted by Gasteiger charge is 2.23. The summed E-state index contributed by atoms with van der Waals surface area (Å²) in [7, 11) is 0. The van der Waals surface area contributed by atoms with Crippen molar-refractivity contribution < 1.29 is 4.79 Å². The van der Waals surface area contributed by atoms with E-state index in [1.165, 1.54) is 0 Å². The Balaban J connectivity index is 2.18. The summed E-state index contributed by atoms with van der Waals surface area (Å²) < 4.78 is 0. The molecule has 0 unspecified atom stereocenters. The van der Waals surface area contributed by atoms with Crippen LogP contribution < -0.4 is 10.6 Å². The molecule has 0 aliphatic carbocycles. The molecule has 2 N–H and O–H groups in total. The molecule has 0 saturated carbocycles. The normalized spacial score (nSPS) is 18.4. The molecule has 0 aromatic heterocycles. The van der Waals surface area contributed by atoms with Crippen molar-refractivity contribution in [3.8, 4) is 0 Å². The Hall–Kier alpha value is -1.81. The van der Waals surface area contributed by atoms with Crippen LogP contribution in [0.5, 0.6) is 0 Å². The van der Waals surface area contributed by atoms with Crippen molar-refractivity contribution in [2.45, 2.75) is 19.8 Å². The van der Waals surface area contributed by atoms with Crippen molar-refractivity contribution in [2.75, 3.05) is 11.9 Å². The number of amidine groups is 1. The number of benzene rings is 1. The fourth-order valence-electron chi connectivity index (χ4n) is 2.45. The average Bonchev–Trinajstić information content (AvgIpc) is 2.60. The Morgan fingerprint density at radius 2 is 2.16 bits per heavy atom. The van der Waals surface area contributed by atoms with Crippen LogP contribution in [-0.2, 0) is 4.79 Å². The van der Waals surface area contributed by atoms with Gasteiger partial charge in [0.2, 0.25) is 5.91 Å². The highest BCUT2D eigenvalue weighted by Crippen LogP contribution is 2.33. The number of carbonyl (C=O) groups excluding carboxylic acids is 1. The topological polar surface area (TPSA) is 53.5 Å². The van der Waals surface area contributed by atoms with Gasteiger partial charge in [0.05, 0.1) is 17.9 Å². The highest BCUT2D eigenvalue weighted by molar-refractivity contribution is 6.31. The molecule has 1 aromatic carbocycles. The Bertz CT molecular complexity index is 619. The van der Waals surface area contributed by atoms with Gasteiger partial charge < -0.3 is 10.6 Å². The third kappa shape index (κ3) is 2.36. The molecule has 19 heavy (non-hydrogen) atoms. The fourth-order valence-corrected chi connectivity index (χ4v) is 2.62. The Morgan fingerprint density at radius 1 is 1.32 bits per heavy atom. The van der Waals surface area contributed by atoms with Gasteiger partial charge in [0, 0.05) is 22.8 Å². The molecule has 2 aliphatic rings. The van der Waals surface area contributed by atoms with Gasteiger partial charge in [-0.25, -0.2) is 0 Å². The van der Waals surface area contributed by atoms with Gasteiger partial charge in [-0.3, -0.25) is 9.79 Å². The number of hydrogen-bond donors (Lipinski definition) is 2. The first-order valence-corrected chi connectivity index (χ1v) is 6.61. The zero-order chi connectivity index (χ0) is 13.4. The molecular formula is C14H14ClN3O. The van der Waals surface area contributed by atoms with E-state index in [0.29, 0.717) is 18.0 Å². The second-order valence-electron chi connectivity index (χ2n) is 4.74. The number of anilines is 1. The number of rotatable bonds is 0. The average molecular weight is 276 g/mol. The summed E-state index contributed by atoms with van der Waals surface area (Å²) in [6.45, 7) is 2.64. The second kappa shape index (κ2) is 4.70. The smallest absolute Gasteiger partial charge is 0.228 e. The summed E-state index contributed by atoms with van der Waals surface area (Å²) in [5.74, 6) is 0.875. The van der Waals surface area contributed by atoms with Gasteiger partial charge in [-0.1, -0.05) is 11.6 Å². The van der Waals surface area contributed by atoms with Gasteiger partial charge in [0.1, 0.15) is 0 Å². The molecule has 98 valence electrons. The molecule has 2 heterocycles. The van der Waals surface area contributed by atoms with Crippen LogP contribution >= 0.6 is 11.6 Å². The van der Waals surface area contributed by atoms with Crippen LogP contribution in [0.25, 0.3) is 5.70 Å². The van der Waals surface area contributed by atoms with E-state index < -0.39 is 0 Å². The molecule has 0 radical (unpaired) electrons. The summed E-state index contributed by atoms with van der Waals surface area (Å²) in [4.78, 5) is 16.3. The first kappa shape index (κ1) is 12.2. The lowest BCUT2D eigenvalue weighted by Crippen LogP contribution is -2.18. The number of halogens is 1. The Kier molecular flexibility index (Phi) is 3.03. The Labute approximate surface area is 116 Å². The monoisotopic (exact) mass is 275 g/mol.